The summed E-state index contributed by atoms with van der Waals surface area (Å²) in [6, 6.07) is 8.39. The van der Waals surface area contributed by atoms with E-state index >= 15 is 0 Å². The van der Waals surface area contributed by atoms with E-state index in [4.69, 9.17) is 0 Å². The third-order valence-electron chi connectivity index (χ3n) is 2.93. The Hall–Kier alpha value is -3.36. The van der Waals surface area contributed by atoms with Crippen LogP contribution in [0, 0.1) is 0 Å². The smallest absolute Gasteiger partial charge is 0.387 e. The van der Waals surface area contributed by atoms with Crippen molar-refractivity contribution in [3.63, 3.8) is 0 Å². The van der Waals surface area contributed by atoms with E-state index in [1.54, 1.807) is 0 Å². The van der Waals surface area contributed by atoms with Gasteiger partial charge in [-0.2, -0.15) is 13.9 Å². The van der Waals surface area contributed by atoms with Gasteiger partial charge in [0.15, 0.2) is 0 Å². The minimum atomic E-state index is -2.92. The number of nitrogens with one attached hydrogen (secondary N) is 2. The lowest BCUT2D eigenvalue weighted by atomic mass is 10.2. The van der Waals surface area contributed by atoms with Crippen molar-refractivity contribution < 1.29 is 23.1 Å². The molecule has 1 aromatic carbocycles. The van der Waals surface area contributed by atoms with E-state index in [0.29, 0.717) is 11.3 Å². The highest BCUT2D eigenvalue weighted by Crippen LogP contribution is 2.17. The van der Waals surface area contributed by atoms with Crippen LogP contribution in [0.3, 0.4) is 0 Å². The van der Waals surface area contributed by atoms with Gasteiger partial charge in [0.05, 0.1) is 0 Å². The maximum absolute atomic E-state index is 12.1. The maximum atomic E-state index is 12.1. The van der Waals surface area contributed by atoms with Gasteiger partial charge in [-0.15, -0.1) is 0 Å². The summed E-state index contributed by atoms with van der Waals surface area (Å²) in [6.45, 7) is -1.50. The predicted octanol–water partition coefficient (Wildman–Crippen LogP) is 2.43. The summed E-state index contributed by atoms with van der Waals surface area (Å²) in [7, 11) is 0. The van der Waals surface area contributed by atoms with Gasteiger partial charge in [0.2, 0.25) is 0 Å². The first-order chi connectivity index (χ1) is 12.0. The number of pyridine rings is 1. The molecule has 1 heterocycles. The Balaban J connectivity index is 1.92. The van der Waals surface area contributed by atoms with Crippen molar-refractivity contribution in [1.29, 1.82) is 0 Å². The van der Waals surface area contributed by atoms with Crippen molar-refractivity contribution in [2.75, 3.05) is 5.32 Å². The Morgan fingerprint density at radius 3 is 2.36 bits per heavy atom. The first kappa shape index (κ1) is 18.0. The Morgan fingerprint density at radius 1 is 1.12 bits per heavy atom. The summed E-state index contributed by atoms with van der Waals surface area (Å²) in [5, 5.41) is 6.23. The highest BCUT2D eigenvalue weighted by molar-refractivity contribution is 6.42. The number of carbonyl (C=O) groups excluding carboxylic acids is 2. The Labute approximate surface area is 141 Å². The second-order valence-corrected chi connectivity index (χ2v) is 4.73. The summed E-state index contributed by atoms with van der Waals surface area (Å²) in [5.74, 6) is -1.07. The first-order valence-electron chi connectivity index (χ1n) is 7.06. The number of carbonyl (C=O) groups is 2. The number of halogens is 2. The molecule has 2 N–H and O–H groups in total. The molecule has 0 atom stereocenters. The fourth-order valence-electron chi connectivity index (χ4n) is 1.69. The van der Waals surface area contributed by atoms with Crippen molar-refractivity contribution in [2.24, 2.45) is 5.10 Å². The number of anilines is 1. The van der Waals surface area contributed by atoms with Crippen LogP contribution in [0.25, 0.3) is 0 Å². The van der Waals surface area contributed by atoms with Gasteiger partial charge in [-0.1, -0.05) is 0 Å². The molecule has 0 saturated heterocycles. The molecule has 0 bridgehead atoms. The summed E-state index contributed by atoms with van der Waals surface area (Å²) in [5.41, 5.74) is 2.97. The number of hydrogen-bond donors (Lipinski definition) is 2. The quantitative estimate of drug-likeness (QED) is 0.619. The van der Waals surface area contributed by atoms with Crippen LogP contribution >= 0.6 is 0 Å². The number of ether oxygens (including phenoxy) is 1. The molecule has 1 aromatic heterocycles. The fraction of sp³-hybridized carbons (Fsp3) is 0.125. The highest BCUT2D eigenvalue weighted by Gasteiger charge is 2.09. The van der Waals surface area contributed by atoms with Gasteiger partial charge in [0.1, 0.15) is 11.5 Å². The number of amides is 2. The van der Waals surface area contributed by atoms with Gasteiger partial charge >= 0.3 is 6.61 Å². The Kier molecular flexibility index (Phi) is 6.10. The lowest BCUT2D eigenvalue weighted by Crippen LogP contribution is -2.25. The van der Waals surface area contributed by atoms with Crippen LogP contribution < -0.4 is 15.5 Å². The summed E-state index contributed by atoms with van der Waals surface area (Å²) in [6.07, 6.45) is 2.92. The van der Waals surface area contributed by atoms with Crippen LogP contribution in [0.5, 0.6) is 5.75 Å². The second kappa shape index (κ2) is 8.48. The van der Waals surface area contributed by atoms with Crippen LogP contribution in [0.4, 0.5) is 14.5 Å². The summed E-state index contributed by atoms with van der Waals surface area (Å²) >= 11 is 0. The van der Waals surface area contributed by atoms with Gasteiger partial charge in [0.25, 0.3) is 11.8 Å². The minimum Gasteiger partial charge on any atom is -0.435 e. The number of hydrazone groups is 1. The molecule has 9 heteroatoms. The van der Waals surface area contributed by atoms with E-state index in [-0.39, 0.29) is 11.5 Å². The molecule has 0 aliphatic carbocycles. The predicted molar refractivity (Wildman–Crippen MR) is 86.5 cm³/mol. The molecule has 2 aromatic rings. The third kappa shape index (κ3) is 5.65. The van der Waals surface area contributed by atoms with Gasteiger partial charge < -0.3 is 10.1 Å². The van der Waals surface area contributed by atoms with Crippen LogP contribution in [0.2, 0.25) is 0 Å². The van der Waals surface area contributed by atoms with Crippen molar-refractivity contribution in [3.8, 4) is 5.75 Å². The number of nitrogens with zero attached hydrogens (tertiary/aromatic N) is 2. The van der Waals surface area contributed by atoms with E-state index in [1.165, 1.54) is 55.7 Å². The number of aromatic nitrogens is 1. The van der Waals surface area contributed by atoms with Crippen LogP contribution in [0.15, 0.2) is 53.9 Å². The molecular weight excluding hydrogens is 334 g/mol. The molecule has 0 unspecified atom stereocenters. The fourth-order valence-corrected chi connectivity index (χ4v) is 1.69. The van der Waals surface area contributed by atoms with Gasteiger partial charge in [-0.3, -0.25) is 14.6 Å². The van der Waals surface area contributed by atoms with Crippen LogP contribution in [-0.4, -0.2) is 29.1 Å². The molecule has 0 aliphatic heterocycles. The maximum Gasteiger partial charge on any atom is 0.387 e. The average molecular weight is 348 g/mol. The minimum absolute atomic E-state index is 0.00955. The van der Waals surface area contributed by atoms with Gasteiger partial charge in [-0.05, 0) is 43.3 Å². The lowest BCUT2D eigenvalue weighted by molar-refractivity contribution is -0.110. The molecule has 0 saturated carbocycles. The number of rotatable bonds is 6. The second-order valence-electron chi connectivity index (χ2n) is 4.73. The SMILES string of the molecule is C/C(=N\NC(=O)c1ccncc1)C(=O)Nc1ccc(OC(F)F)cc1. The molecule has 130 valence electrons. The largest absolute Gasteiger partial charge is 0.435 e. The van der Waals surface area contributed by atoms with Crippen LogP contribution in [-0.2, 0) is 4.79 Å². The molecule has 2 rings (SSSR count). The molecule has 2 amide bonds. The number of hydrogen-bond acceptors (Lipinski definition) is 5. The monoisotopic (exact) mass is 348 g/mol. The lowest BCUT2D eigenvalue weighted by Gasteiger charge is -2.07. The third-order valence-corrected chi connectivity index (χ3v) is 2.93. The summed E-state index contributed by atoms with van der Waals surface area (Å²) in [4.78, 5) is 27.6. The molecule has 0 spiro atoms. The molecule has 7 nitrogen and oxygen atoms in total. The molecule has 0 fully saturated rings. The molecular formula is C16H14F2N4O3. The van der Waals surface area contributed by atoms with Crippen LogP contribution in [0.1, 0.15) is 17.3 Å². The van der Waals surface area contributed by atoms with Crippen molar-refractivity contribution in [3.05, 3.63) is 54.4 Å². The first-order valence-corrected chi connectivity index (χ1v) is 7.06. The van der Waals surface area contributed by atoms with E-state index < -0.39 is 18.4 Å². The topological polar surface area (TPSA) is 92.7 Å². The summed E-state index contributed by atoms with van der Waals surface area (Å²) < 4.78 is 28.3. The van der Waals surface area contributed by atoms with E-state index in [9.17, 15) is 18.4 Å². The highest BCUT2D eigenvalue weighted by atomic mass is 19.3. The molecule has 25 heavy (non-hydrogen) atoms. The van der Waals surface area contributed by atoms with Crippen molar-refractivity contribution >= 4 is 23.2 Å². The average Bonchev–Trinajstić information content (AvgIpc) is 2.61. The zero-order valence-corrected chi connectivity index (χ0v) is 13.1. The number of benzene rings is 1. The number of alkyl halides is 2. The molecule has 0 radical (unpaired) electrons. The van der Waals surface area contributed by atoms with E-state index in [0.717, 1.165) is 0 Å². The zero-order valence-electron chi connectivity index (χ0n) is 13.1. The van der Waals surface area contributed by atoms with E-state index in [1.807, 2.05) is 0 Å². The van der Waals surface area contributed by atoms with E-state index in [2.05, 4.69) is 25.6 Å². The standard InChI is InChI=1S/C16H14F2N4O3/c1-10(21-22-15(24)11-6-8-19-9-7-11)14(23)20-12-2-4-13(5-3-12)25-16(17)18/h2-9,16H,1H3,(H,20,23)(H,22,24)/b21-10+. The zero-order chi connectivity index (χ0) is 18.2. The Morgan fingerprint density at radius 2 is 1.76 bits per heavy atom. The van der Waals surface area contributed by atoms with Gasteiger partial charge in [-0.25, -0.2) is 5.43 Å². The van der Waals surface area contributed by atoms with Gasteiger partial charge in [0, 0.05) is 23.6 Å². The van der Waals surface area contributed by atoms with Crippen molar-refractivity contribution in [2.45, 2.75) is 13.5 Å². The Bertz CT molecular complexity index is 765. The molecule has 0 aliphatic rings. The normalized spacial score (nSPS) is 11.1. The van der Waals surface area contributed by atoms with Crippen molar-refractivity contribution in [1.82, 2.24) is 10.4 Å².